The third-order valence-electron chi connectivity index (χ3n) is 7.69. The first-order valence-corrected chi connectivity index (χ1v) is 13.1. The largest absolute Gasteiger partial charge is 0.385 e. The SMILES string of the molecule is CC[C@@H]1CCN(C(=O)Nc2ccc(C)c(-c3cc(N4CCOCC4)nc(N4C[C@@H](O)C(F)(F)C4)c3)c2)C1. The van der Waals surface area contributed by atoms with Crippen molar-refractivity contribution in [1.29, 1.82) is 0 Å². The summed E-state index contributed by atoms with van der Waals surface area (Å²) in [4.78, 5) is 23.0. The van der Waals surface area contributed by atoms with Crippen molar-refractivity contribution in [3.05, 3.63) is 35.9 Å². The van der Waals surface area contributed by atoms with E-state index < -0.39 is 18.6 Å². The molecule has 0 aliphatic carbocycles. The minimum atomic E-state index is -3.19. The molecule has 0 radical (unpaired) electrons. The van der Waals surface area contributed by atoms with Gasteiger partial charge in [-0.05, 0) is 60.2 Å². The molecule has 2 N–H and O–H groups in total. The van der Waals surface area contributed by atoms with Crippen molar-refractivity contribution < 1.29 is 23.4 Å². The molecule has 0 unspecified atom stereocenters. The fourth-order valence-corrected chi connectivity index (χ4v) is 5.28. The number of hydrogen-bond donors (Lipinski definition) is 2. The summed E-state index contributed by atoms with van der Waals surface area (Å²) >= 11 is 0. The van der Waals surface area contributed by atoms with Gasteiger partial charge in [-0.3, -0.25) is 0 Å². The molecular weight excluding hydrogens is 480 g/mol. The number of halogens is 2. The van der Waals surface area contributed by atoms with Crippen LogP contribution in [-0.4, -0.2) is 85.5 Å². The number of aliphatic hydroxyl groups is 1. The summed E-state index contributed by atoms with van der Waals surface area (Å²) in [5, 5.41) is 12.9. The Morgan fingerprint density at radius 3 is 2.51 bits per heavy atom. The number of β-amino-alcohol motifs (C(OH)–C–C–N with tert-alkyl or cyclic N) is 1. The van der Waals surface area contributed by atoms with Crippen LogP contribution in [0.3, 0.4) is 0 Å². The third-order valence-corrected chi connectivity index (χ3v) is 7.69. The molecule has 1 aromatic carbocycles. The molecule has 3 aliphatic rings. The van der Waals surface area contributed by atoms with Crippen LogP contribution in [0, 0.1) is 12.8 Å². The van der Waals surface area contributed by atoms with E-state index in [1.807, 2.05) is 36.1 Å². The number of hydrogen-bond acceptors (Lipinski definition) is 6. The quantitative estimate of drug-likeness (QED) is 0.627. The van der Waals surface area contributed by atoms with Crippen LogP contribution in [0.2, 0.25) is 0 Å². The predicted octanol–water partition coefficient (Wildman–Crippen LogP) is 3.97. The van der Waals surface area contributed by atoms with E-state index in [-0.39, 0.29) is 12.6 Å². The van der Waals surface area contributed by atoms with Gasteiger partial charge in [-0.2, -0.15) is 0 Å². The number of aromatic nitrogens is 1. The number of urea groups is 1. The highest BCUT2D eigenvalue weighted by molar-refractivity contribution is 5.91. The summed E-state index contributed by atoms with van der Waals surface area (Å²) in [5.41, 5.74) is 3.37. The van der Waals surface area contributed by atoms with Crippen LogP contribution in [0.5, 0.6) is 0 Å². The number of nitrogens with one attached hydrogen (secondary N) is 1. The number of pyridine rings is 1. The molecule has 37 heavy (non-hydrogen) atoms. The van der Waals surface area contributed by atoms with E-state index >= 15 is 0 Å². The molecule has 3 saturated heterocycles. The van der Waals surface area contributed by atoms with E-state index in [1.165, 1.54) is 4.90 Å². The van der Waals surface area contributed by atoms with Crippen LogP contribution in [0.15, 0.2) is 30.3 Å². The Bertz CT molecular complexity index is 1140. The Morgan fingerprint density at radius 1 is 1.14 bits per heavy atom. The van der Waals surface area contributed by atoms with Crippen molar-refractivity contribution in [2.45, 2.75) is 38.7 Å². The fourth-order valence-electron chi connectivity index (χ4n) is 5.28. The number of carbonyl (C=O) groups is 1. The number of alkyl halides is 2. The Morgan fingerprint density at radius 2 is 1.86 bits per heavy atom. The molecule has 3 fully saturated rings. The van der Waals surface area contributed by atoms with Crippen molar-refractivity contribution in [2.24, 2.45) is 5.92 Å². The number of rotatable bonds is 5. The predicted molar refractivity (Wildman–Crippen MR) is 140 cm³/mol. The number of likely N-dealkylation sites (tertiary alicyclic amines) is 1. The highest BCUT2D eigenvalue weighted by Gasteiger charge is 2.47. The van der Waals surface area contributed by atoms with E-state index in [9.17, 15) is 18.7 Å². The van der Waals surface area contributed by atoms with Gasteiger partial charge in [0.25, 0.3) is 5.92 Å². The first-order valence-electron chi connectivity index (χ1n) is 13.1. The third kappa shape index (κ3) is 5.50. The normalized spacial score (nSPS) is 23.5. The van der Waals surface area contributed by atoms with Gasteiger partial charge in [-0.25, -0.2) is 18.6 Å². The Kier molecular flexibility index (Phi) is 7.22. The summed E-state index contributed by atoms with van der Waals surface area (Å²) in [5.74, 6) is -1.57. The van der Waals surface area contributed by atoms with E-state index in [0.29, 0.717) is 49.5 Å². The molecule has 2 atom stereocenters. The molecule has 5 rings (SSSR count). The summed E-state index contributed by atoms with van der Waals surface area (Å²) in [7, 11) is 0. The maximum atomic E-state index is 14.2. The smallest absolute Gasteiger partial charge is 0.321 e. The fraction of sp³-hybridized carbons (Fsp3) is 0.556. The molecule has 1 aromatic heterocycles. The zero-order valence-electron chi connectivity index (χ0n) is 21.4. The number of anilines is 3. The van der Waals surface area contributed by atoms with Gasteiger partial charge in [0.05, 0.1) is 26.3 Å². The molecule has 0 saturated carbocycles. The first kappa shape index (κ1) is 25.7. The van der Waals surface area contributed by atoms with Gasteiger partial charge in [0.1, 0.15) is 17.7 Å². The second-order valence-electron chi connectivity index (χ2n) is 10.3. The van der Waals surface area contributed by atoms with Gasteiger partial charge in [-0.1, -0.05) is 19.4 Å². The summed E-state index contributed by atoms with van der Waals surface area (Å²) < 4.78 is 33.8. The van der Waals surface area contributed by atoms with Crippen molar-refractivity contribution in [1.82, 2.24) is 9.88 Å². The number of amides is 2. The minimum absolute atomic E-state index is 0.108. The lowest BCUT2D eigenvalue weighted by Gasteiger charge is -2.29. The highest BCUT2D eigenvalue weighted by atomic mass is 19.3. The number of aryl methyl sites for hydroxylation is 1. The second kappa shape index (κ2) is 10.4. The Labute approximate surface area is 216 Å². The standard InChI is InChI=1S/C27H35F2N5O3/c1-3-19-6-7-33(15-19)26(36)30-21-5-4-18(2)22(14-21)20-12-24(32-8-10-37-11-9-32)31-25(13-20)34-16-23(35)27(28,29)17-34/h4-5,12-14,19,23,35H,3,6-11,15-17H2,1-2H3,(H,30,36)/t19-,23-/m1/s1. The number of nitrogens with zero attached hydrogens (tertiary/aromatic N) is 4. The number of benzene rings is 1. The van der Waals surface area contributed by atoms with Gasteiger partial charge < -0.3 is 29.9 Å². The molecule has 3 aliphatic heterocycles. The maximum Gasteiger partial charge on any atom is 0.321 e. The van der Waals surface area contributed by atoms with Crippen LogP contribution in [0.25, 0.3) is 11.1 Å². The number of carbonyl (C=O) groups excluding carboxylic acids is 1. The van der Waals surface area contributed by atoms with Crippen molar-refractivity contribution >= 4 is 23.4 Å². The number of aliphatic hydroxyl groups excluding tert-OH is 1. The summed E-state index contributed by atoms with van der Waals surface area (Å²) in [6.07, 6.45) is 0.356. The van der Waals surface area contributed by atoms with Crippen LogP contribution >= 0.6 is 0 Å². The molecule has 10 heteroatoms. The van der Waals surface area contributed by atoms with E-state index in [1.54, 1.807) is 6.07 Å². The van der Waals surface area contributed by atoms with E-state index in [0.717, 1.165) is 42.6 Å². The molecule has 0 spiro atoms. The number of ether oxygens (including phenoxy) is 1. The molecule has 200 valence electrons. The average molecular weight is 516 g/mol. The lowest BCUT2D eigenvalue weighted by Crippen LogP contribution is -2.37. The van der Waals surface area contributed by atoms with Gasteiger partial charge in [0.15, 0.2) is 0 Å². The van der Waals surface area contributed by atoms with Crippen LogP contribution < -0.4 is 15.1 Å². The monoisotopic (exact) mass is 515 g/mol. The zero-order chi connectivity index (χ0) is 26.2. The van der Waals surface area contributed by atoms with Crippen LogP contribution in [0.1, 0.15) is 25.3 Å². The minimum Gasteiger partial charge on any atom is -0.385 e. The highest BCUT2D eigenvalue weighted by Crippen LogP contribution is 2.36. The van der Waals surface area contributed by atoms with Crippen molar-refractivity contribution in [3.8, 4) is 11.1 Å². The molecular formula is C27H35F2N5O3. The molecule has 8 nitrogen and oxygen atoms in total. The average Bonchev–Trinajstić information content (AvgIpc) is 3.49. The van der Waals surface area contributed by atoms with Crippen LogP contribution in [0.4, 0.5) is 30.9 Å². The maximum absolute atomic E-state index is 14.2. The van der Waals surface area contributed by atoms with Gasteiger partial charge in [-0.15, -0.1) is 0 Å². The van der Waals surface area contributed by atoms with Crippen LogP contribution in [-0.2, 0) is 4.74 Å². The Hall–Kier alpha value is -2.98. The number of morpholine rings is 1. The van der Waals surface area contributed by atoms with Gasteiger partial charge in [0, 0.05) is 31.9 Å². The first-order chi connectivity index (χ1) is 17.7. The lowest BCUT2D eigenvalue weighted by atomic mass is 10.00. The molecule has 2 aromatic rings. The topological polar surface area (TPSA) is 81.2 Å². The molecule has 4 heterocycles. The zero-order valence-corrected chi connectivity index (χ0v) is 21.4. The van der Waals surface area contributed by atoms with Gasteiger partial charge >= 0.3 is 6.03 Å². The summed E-state index contributed by atoms with van der Waals surface area (Å²) in [6.45, 7) is 7.32. The lowest BCUT2D eigenvalue weighted by molar-refractivity contribution is -0.0712. The second-order valence-corrected chi connectivity index (χ2v) is 10.3. The molecule has 2 amide bonds. The van der Waals surface area contributed by atoms with E-state index in [2.05, 4.69) is 17.1 Å². The van der Waals surface area contributed by atoms with Crippen molar-refractivity contribution in [3.63, 3.8) is 0 Å². The molecule has 0 bridgehead atoms. The Balaban J connectivity index is 1.46. The summed E-state index contributed by atoms with van der Waals surface area (Å²) in [6, 6.07) is 9.40. The van der Waals surface area contributed by atoms with Crippen molar-refractivity contribution in [2.75, 3.05) is 67.6 Å². The van der Waals surface area contributed by atoms with Gasteiger partial charge in [0.2, 0.25) is 0 Å². The van der Waals surface area contributed by atoms with E-state index in [4.69, 9.17) is 9.72 Å².